The highest BCUT2D eigenvalue weighted by molar-refractivity contribution is 5.69. The Morgan fingerprint density at radius 3 is 2.76 bits per heavy atom. The average Bonchev–Trinajstić information content (AvgIpc) is 3.50. The highest BCUT2D eigenvalue weighted by Gasteiger charge is 2.19. The summed E-state index contributed by atoms with van der Waals surface area (Å²) in [7, 11) is 0. The summed E-state index contributed by atoms with van der Waals surface area (Å²) in [5.74, 6) is 1.42. The predicted octanol–water partition coefficient (Wildman–Crippen LogP) is 3.22. The van der Waals surface area contributed by atoms with Crippen LogP contribution < -0.4 is 4.90 Å². The van der Waals surface area contributed by atoms with Gasteiger partial charge in [-0.3, -0.25) is 4.79 Å². The lowest BCUT2D eigenvalue weighted by atomic mass is 10.1. The topological polar surface area (TPSA) is 86.8 Å². The van der Waals surface area contributed by atoms with Crippen molar-refractivity contribution in [2.75, 3.05) is 37.8 Å². The molecule has 5 rings (SSSR count). The second-order valence-electron chi connectivity index (χ2n) is 8.30. The van der Waals surface area contributed by atoms with Crippen LogP contribution in [-0.4, -0.2) is 63.3 Å². The number of ether oxygens (including phenoxy) is 2. The van der Waals surface area contributed by atoms with E-state index in [4.69, 9.17) is 24.7 Å². The zero-order valence-corrected chi connectivity index (χ0v) is 19.5. The first-order valence-electron chi connectivity index (χ1n) is 11.6. The molecule has 0 unspecified atom stereocenters. The highest BCUT2D eigenvalue weighted by Crippen LogP contribution is 2.24. The smallest absolute Gasteiger partial charge is 0.306 e. The predicted molar refractivity (Wildman–Crippen MR) is 128 cm³/mol. The molecule has 4 aromatic rings. The molecule has 1 aliphatic rings. The van der Waals surface area contributed by atoms with Gasteiger partial charge in [-0.1, -0.05) is 23.8 Å². The van der Waals surface area contributed by atoms with Crippen molar-refractivity contribution in [3.63, 3.8) is 0 Å². The summed E-state index contributed by atoms with van der Waals surface area (Å²) in [5.41, 5.74) is 4.66. The number of nitrogens with zero attached hydrogens (tertiary/aromatic N) is 6. The van der Waals surface area contributed by atoms with Gasteiger partial charge in [-0.05, 0) is 26.0 Å². The van der Waals surface area contributed by atoms with Crippen LogP contribution in [-0.2, 0) is 20.7 Å². The number of hydrogen-bond acceptors (Lipinski definition) is 7. The molecular weight excluding hydrogens is 432 g/mol. The molecule has 34 heavy (non-hydrogen) atoms. The van der Waals surface area contributed by atoms with Gasteiger partial charge in [-0.25, -0.2) is 9.67 Å². The molecule has 0 N–H and O–H groups in total. The van der Waals surface area contributed by atoms with Gasteiger partial charge in [0.05, 0.1) is 37.6 Å². The van der Waals surface area contributed by atoms with Crippen molar-refractivity contribution in [3.05, 3.63) is 59.9 Å². The van der Waals surface area contributed by atoms with E-state index in [-0.39, 0.29) is 12.4 Å². The van der Waals surface area contributed by atoms with Gasteiger partial charge in [0.15, 0.2) is 11.5 Å². The fourth-order valence-corrected chi connectivity index (χ4v) is 4.12. The number of aryl methyl sites for hydroxylation is 2. The number of benzene rings is 1. The zero-order chi connectivity index (χ0) is 23.5. The molecule has 176 valence electrons. The van der Waals surface area contributed by atoms with Crippen molar-refractivity contribution in [1.29, 1.82) is 0 Å². The van der Waals surface area contributed by atoms with Crippen LogP contribution in [0.15, 0.2) is 48.7 Å². The molecule has 1 fully saturated rings. The van der Waals surface area contributed by atoms with Gasteiger partial charge in [0.1, 0.15) is 5.82 Å². The third-order valence-corrected chi connectivity index (χ3v) is 5.81. The number of esters is 1. The number of morpholine rings is 1. The van der Waals surface area contributed by atoms with Crippen molar-refractivity contribution in [2.45, 2.75) is 26.7 Å². The summed E-state index contributed by atoms with van der Waals surface area (Å²) >= 11 is 0. The molecule has 3 aromatic heterocycles. The maximum atomic E-state index is 11.8. The monoisotopic (exact) mass is 460 g/mol. The molecule has 0 saturated carbocycles. The number of fused-ring (bicyclic) bond motifs is 1. The Balaban J connectivity index is 1.51. The van der Waals surface area contributed by atoms with E-state index < -0.39 is 0 Å². The molecular formula is C25H28N6O3. The molecule has 1 saturated heterocycles. The van der Waals surface area contributed by atoms with E-state index in [0.717, 1.165) is 35.9 Å². The number of aromatic nitrogens is 5. The van der Waals surface area contributed by atoms with E-state index in [1.165, 1.54) is 5.56 Å². The summed E-state index contributed by atoms with van der Waals surface area (Å²) < 4.78 is 14.3. The molecule has 0 bridgehead atoms. The SMILES string of the molecule is CCOC(=O)CCc1cc2nc(-n3ccc(-c4cccc(C)c4)n3)cc(N3CCOCC3)n2n1. The largest absolute Gasteiger partial charge is 0.466 e. The van der Waals surface area contributed by atoms with E-state index in [9.17, 15) is 4.79 Å². The summed E-state index contributed by atoms with van der Waals surface area (Å²) in [6.45, 7) is 7.12. The van der Waals surface area contributed by atoms with Crippen LogP contribution in [0, 0.1) is 6.92 Å². The van der Waals surface area contributed by atoms with Crippen molar-refractivity contribution >= 4 is 17.4 Å². The lowest BCUT2D eigenvalue weighted by Crippen LogP contribution is -2.37. The molecule has 9 heteroatoms. The molecule has 9 nitrogen and oxygen atoms in total. The van der Waals surface area contributed by atoms with Crippen LogP contribution in [0.1, 0.15) is 24.6 Å². The molecule has 0 amide bonds. The maximum Gasteiger partial charge on any atom is 0.306 e. The third kappa shape index (κ3) is 4.65. The van der Waals surface area contributed by atoms with Crippen molar-refractivity contribution < 1.29 is 14.3 Å². The molecule has 0 spiro atoms. The summed E-state index contributed by atoms with van der Waals surface area (Å²) in [6, 6.07) is 14.2. The van der Waals surface area contributed by atoms with Gasteiger partial charge in [-0.15, -0.1) is 0 Å². The van der Waals surface area contributed by atoms with Gasteiger partial charge in [0.2, 0.25) is 0 Å². The van der Waals surface area contributed by atoms with Gasteiger partial charge in [0.25, 0.3) is 0 Å². The minimum Gasteiger partial charge on any atom is -0.466 e. The van der Waals surface area contributed by atoms with Crippen molar-refractivity contribution in [1.82, 2.24) is 24.4 Å². The standard InChI is InChI=1S/C25H28N6O3/c1-3-34-25(32)8-7-20-16-23-26-22(17-24(31(23)27-20)29-11-13-33-14-12-29)30-10-9-21(28-30)19-6-4-5-18(2)15-19/h4-6,9-10,15-17H,3,7-8,11-14H2,1-2H3. The molecule has 1 aromatic carbocycles. The van der Waals surface area contributed by atoms with Crippen molar-refractivity contribution in [3.8, 4) is 17.1 Å². The number of rotatable bonds is 7. The van der Waals surface area contributed by atoms with Crippen LogP contribution in [0.2, 0.25) is 0 Å². The molecule has 0 atom stereocenters. The van der Waals surface area contributed by atoms with E-state index >= 15 is 0 Å². The average molecular weight is 461 g/mol. The molecule has 1 aliphatic heterocycles. The Morgan fingerprint density at radius 2 is 1.97 bits per heavy atom. The number of hydrogen-bond donors (Lipinski definition) is 0. The first-order chi connectivity index (χ1) is 16.6. The van der Waals surface area contributed by atoms with Crippen LogP contribution in [0.3, 0.4) is 0 Å². The van der Waals surface area contributed by atoms with Gasteiger partial charge < -0.3 is 14.4 Å². The van der Waals surface area contributed by atoms with Crippen LogP contribution in [0.5, 0.6) is 0 Å². The van der Waals surface area contributed by atoms with Crippen LogP contribution >= 0.6 is 0 Å². The summed E-state index contributed by atoms with van der Waals surface area (Å²) in [6.07, 6.45) is 2.72. The van der Waals surface area contributed by atoms with E-state index in [1.54, 1.807) is 4.68 Å². The van der Waals surface area contributed by atoms with E-state index in [0.29, 0.717) is 37.7 Å². The zero-order valence-electron chi connectivity index (χ0n) is 19.5. The molecule has 4 heterocycles. The molecule has 0 aliphatic carbocycles. The Hall–Kier alpha value is -3.72. The Labute approximate surface area is 197 Å². The number of carbonyl (C=O) groups is 1. The van der Waals surface area contributed by atoms with Gasteiger partial charge in [0, 0.05) is 43.4 Å². The van der Waals surface area contributed by atoms with Crippen LogP contribution in [0.4, 0.5) is 5.82 Å². The fourth-order valence-electron chi connectivity index (χ4n) is 4.12. The number of anilines is 1. The lowest BCUT2D eigenvalue weighted by Gasteiger charge is -2.29. The highest BCUT2D eigenvalue weighted by atomic mass is 16.5. The van der Waals surface area contributed by atoms with E-state index in [1.807, 2.05) is 41.9 Å². The lowest BCUT2D eigenvalue weighted by molar-refractivity contribution is -0.143. The minimum absolute atomic E-state index is 0.221. The normalized spacial score (nSPS) is 14.0. The Morgan fingerprint density at radius 1 is 1.12 bits per heavy atom. The second kappa shape index (κ2) is 9.64. The fraction of sp³-hybridized carbons (Fsp3) is 0.360. The van der Waals surface area contributed by atoms with Gasteiger partial charge in [-0.2, -0.15) is 14.7 Å². The first-order valence-corrected chi connectivity index (χ1v) is 11.6. The van der Waals surface area contributed by atoms with Crippen molar-refractivity contribution in [2.24, 2.45) is 0 Å². The number of carbonyl (C=O) groups excluding carboxylic acids is 1. The summed E-state index contributed by atoms with van der Waals surface area (Å²) in [4.78, 5) is 18.9. The third-order valence-electron chi connectivity index (χ3n) is 5.81. The second-order valence-corrected chi connectivity index (χ2v) is 8.30. The summed E-state index contributed by atoms with van der Waals surface area (Å²) in [5, 5.41) is 9.54. The Bertz CT molecular complexity index is 1310. The first kappa shape index (κ1) is 22.1. The maximum absolute atomic E-state index is 11.8. The molecule has 0 radical (unpaired) electrons. The van der Waals surface area contributed by atoms with Gasteiger partial charge >= 0.3 is 5.97 Å². The van der Waals surface area contributed by atoms with E-state index in [2.05, 4.69) is 30.0 Å². The van der Waals surface area contributed by atoms with Crippen LogP contribution in [0.25, 0.3) is 22.7 Å². The quantitative estimate of drug-likeness (QED) is 0.391. The minimum atomic E-state index is -0.221. The Kier molecular flexibility index (Phi) is 6.27.